The summed E-state index contributed by atoms with van der Waals surface area (Å²) in [6, 6.07) is 1.82. The van der Waals surface area contributed by atoms with Gasteiger partial charge in [0.25, 0.3) is 5.91 Å². The summed E-state index contributed by atoms with van der Waals surface area (Å²) in [7, 11) is 0. The summed E-state index contributed by atoms with van der Waals surface area (Å²) in [6.45, 7) is 4.12. The Morgan fingerprint density at radius 3 is 3.11 bits per heavy atom. The van der Waals surface area contributed by atoms with Crippen molar-refractivity contribution in [1.29, 1.82) is 0 Å². The molecule has 6 heteroatoms. The highest BCUT2D eigenvalue weighted by atomic mass is 32.1. The van der Waals surface area contributed by atoms with Crippen LogP contribution in [0.3, 0.4) is 0 Å². The monoisotopic (exact) mass is 283 g/mol. The van der Waals surface area contributed by atoms with Crippen LogP contribution >= 0.6 is 11.3 Å². The van der Waals surface area contributed by atoms with Crippen LogP contribution in [0.5, 0.6) is 0 Å². The highest BCUT2D eigenvalue weighted by Crippen LogP contribution is 2.29. The summed E-state index contributed by atoms with van der Waals surface area (Å²) in [6.07, 6.45) is 3.74. The lowest BCUT2D eigenvalue weighted by molar-refractivity contribution is 0.0248. The third kappa shape index (κ3) is 3.84. The van der Waals surface area contributed by atoms with Crippen molar-refractivity contribution < 1.29 is 9.53 Å². The first kappa shape index (κ1) is 14.1. The van der Waals surface area contributed by atoms with E-state index in [1.807, 2.05) is 13.0 Å². The van der Waals surface area contributed by atoms with E-state index >= 15 is 0 Å². The summed E-state index contributed by atoms with van der Waals surface area (Å²) >= 11 is 1.39. The smallest absolute Gasteiger partial charge is 0.263 e. The molecule has 5 nitrogen and oxygen atoms in total. The van der Waals surface area contributed by atoms with E-state index in [0.29, 0.717) is 17.1 Å². The Morgan fingerprint density at radius 2 is 2.42 bits per heavy atom. The van der Waals surface area contributed by atoms with Gasteiger partial charge in [-0.25, -0.2) is 0 Å². The van der Waals surface area contributed by atoms with Crippen LogP contribution in [0.1, 0.15) is 35.9 Å². The molecule has 1 aromatic rings. The van der Waals surface area contributed by atoms with Gasteiger partial charge in [0.1, 0.15) is 4.88 Å². The van der Waals surface area contributed by atoms with Crippen LogP contribution < -0.4 is 16.4 Å². The lowest BCUT2D eigenvalue weighted by Gasteiger charge is -2.22. The molecule has 1 fully saturated rings. The fraction of sp³-hybridized carbons (Fsp3) is 0.615. The molecular weight excluding hydrogens is 262 g/mol. The van der Waals surface area contributed by atoms with Crippen LogP contribution in [-0.2, 0) is 4.74 Å². The van der Waals surface area contributed by atoms with Crippen molar-refractivity contribution in [1.82, 2.24) is 5.32 Å². The van der Waals surface area contributed by atoms with Gasteiger partial charge in [0.05, 0.1) is 16.8 Å². The van der Waals surface area contributed by atoms with Crippen LogP contribution in [0.4, 0.5) is 10.7 Å². The van der Waals surface area contributed by atoms with Crippen LogP contribution in [0, 0.1) is 0 Å². The van der Waals surface area contributed by atoms with E-state index in [-0.39, 0.29) is 12.0 Å². The second kappa shape index (κ2) is 6.77. The number of rotatable bonds is 5. The predicted molar refractivity (Wildman–Crippen MR) is 78.8 cm³/mol. The van der Waals surface area contributed by atoms with Gasteiger partial charge in [-0.15, -0.1) is 11.3 Å². The van der Waals surface area contributed by atoms with E-state index in [1.54, 1.807) is 0 Å². The molecule has 0 spiro atoms. The zero-order chi connectivity index (χ0) is 13.7. The summed E-state index contributed by atoms with van der Waals surface area (Å²) in [5, 5.41) is 6.99. The van der Waals surface area contributed by atoms with E-state index in [0.717, 1.165) is 31.0 Å². The topological polar surface area (TPSA) is 76.4 Å². The molecule has 0 radical (unpaired) electrons. The first-order valence-corrected chi connectivity index (χ1v) is 7.55. The molecule has 1 unspecified atom stereocenters. The van der Waals surface area contributed by atoms with E-state index < -0.39 is 0 Å². The first-order valence-electron chi connectivity index (χ1n) is 6.73. The maximum atomic E-state index is 11.8. The number of hydrogen-bond donors (Lipinski definition) is 3. The van der Waals surface area contributed by atoms with Gasteiger partial charge in [0, 0.05) is 19.7 Å². The highest BCUT2D eigenvalue weighted by molar-refractivity contribution is 7.18. The molecule has 2 heterocycles. The standard InChI is InChI=1S/C13H21N3O2S/c1-2-15-13(17)12-10(14)7-11(19-12)16-8-9-5-3-4-6-18-9/h7,9,16H,2-6,8,14H2,1H3,(H,15,17). The lowest BCUT2D eigenvalue weighted by Crippen LogP contribution is -2.26. The fourth-order valence-corrected chi connectivity index (χ4v) is 3.00. The predicted octanol–water partition coefficient (Wildman–Crippen LogP) is 2.06. The van der Waals surface area contributed by atoms with Gasteiger partial charge >= 0.3 is 0 Å². The van der Waals surface area contributed by atoms with Crippen molar-refractivity contribution >= 4 is 27.9 Å². The van der Waals surface area contributed by atoms with Crippen LogP contribution in [-0.4, -0.2) is 31.7 Å². The number of ether oxygens (including phenoxy) is 1. The molecule has 0 aromatic carbocycles. The number of hydrogen-bond acceptors (Lipinski definition) is 5. The summed E-state index contributed by atoms with van der Waals surface area (Å²) in [4.78, 5) is 12.3. The van der Waals surface area contributed by atoms with Crippen LogP contribution in [0.25, 0.3) is 0 Å². The summed E-state index contributed by atoms with van der Waals surface area (Å²) in [5.74, 6) is -0.105. The maximum Gasteiger partial charge on any atom is 0.263 e. The largest absolute Gasteiger partial charge is 0.397 e. The van der Waals surface area contributed by atoms with Gasteiger partial charge in [-0.2, -0.15) is 0 Å². The van der Waals surface area contributed by atoms with E-state index in [9.17, 15) is 4.79 Å². The SMILES string of the molecule is CCNC(=O)c1sc(NCC2CCCCO2)cc1N. The van der Waals surface area contributed by atoms with Crippen LogP contribution in [0.2, 0.25) is 0 Å². The Balaban J connectivity index is 1.90. The molecule has 1 atom stereocenters. The number of carbonyl (C=O) groups excluding carboxylic acids is 1. The van der Waals surface area contributed by atoms with Gasteiger partial charge in [0.2, 0.25) is 0 Å². The molecular formula is C13H21N3O2S. The minimum atomic E-state index is -0.105. The van der Waals surface area contributed by atoms with Crippen molar-refractivity contribution in [2.24, 2.45) is 0 Å². The number of anilines is 2. The molecule has 1 aromatic heterocycles. The average Bonchev–Trinajstić information content (AvgIpc) is 2.79. The third-order valence-electron chi connectivity index (χ3n) is 3.08. The molecule has 106 valence electrons. The normalized spacial score (nSPS) is 19.1. The number of thiophene rings is 1. The minimum Gasteiger partial charge on any atom is -0.397 e. The quantitative estimate of drug-likeness (QED) is 0.773. The highest BCUT2D eigenvalue weighted by Gasteiger charge is 2.16. The average molecular weight is 283 g/mol. The first-order chi connectivity index (χ1) is 9.20. The molecule has 1 saturated heterocycles. The Labute approximate surface area is 117 Å². The maximum absolute atomic E-state index is 11.8. The van der Waals surface area contributed by atoms with Gasteiger partial charge < -0.3 is 21.1 Å². The molecule has 0 bridgehead atoms. The summed E-state index contributed by atoms with van der Waals surface area (Å²) in [5.41, 5.74) is 6.39. The number of amides is 1. The molecule has 1 aliphatic heterocycles. The van der Waals surface area contributed by atoms with Crippen molar-refractivity contribution in [2.45, 2.75) is 32.3 Å². The number of nitrogens with two attached hydrogens (primary N) is 1. The van der Waals surface area contributed by atoms with E-state index in [2.05, 4.69) is 10.6 Å². The molecule has 19 heavy (non-hydrogen) atoms. The van der Waals surface area contributed by atoms with Gasteiger partial charge in [-0.05, 0) is 32.3 Å². The van der Waals surface area contributed by atoms with E-state index in [1.165, 1.54) is 17.8 Å². The van der Waals surface area contributed by atoms with Gasteiger partial charge in [-0.1, -0.05) is 0 Å². The molecule has 0 aliphatic carbocycles. The second-order valence-electron chi connectivity index (χ2n) is 4.62. The zero-order valence-electron chi connectivity index (χ0n) is 11.2. The van der Waals surface area contributed by atoms with Crippen molar-refractivity contribution in [2.75, 3.05) is 30.7 Å². The molecule has 1 aliphatic rings. The Morgan fingerprint density at radius 1 is 1.58 bits per heavy atom. The lowest BCUT2D eigenvalue weighted by atomic mass is 10.1. The van der Waals surface area contributed by atoms with Crippen molar-refractivity contribution in [3.05, 3.63) is 10.9 Å². The molecule has 0 saturated carbocycles. The molecule has 4 N–H and O–H groups in total. The Hall–Kier alpha value is -1.27. The minimum absolute atomic E-state index is 0.105. The summed E-state index contributed by atoms with van der Waals surface area (Å²) < 4.78 is 5.65. The van der Waals surface area contributed by atoms with Gasteiger partial charge in [-0.3, -0.25) is 4.79 Å². The zero-order valence-corrected chi connectivity index (χ0v) is 12.0. The number of carbonyl (C=O) groups is 1. The van der Waals surface area contributed by atoms with Crippen molar-refractivity contribution in [3.8, 4) is 0 Å². The van der Waals surface area contributed by atoms with Crippen molar-refractivity contribution in [3.63, 3.8) is 0 Å². The third-order valence-corrected chi connectivity index (χ3v) is 4.19. The van der Waals surface area contributed by atoms with Gasteiger partial charge in [0.15, 0.2) is 0 Å². The number of nitrogens with one attached hydrogen (secondary N) is 2. The Bertz CT molecular complexity index is 428. The second-order valence-corrected chi connectivity index (χ2v) is 5.68. The Kier molecular flexibility index (Phi) is 5.04. The number of nitrogen functional groups attached to an aromatic ring is 1. The molecule has 1 amide bonds. The van der Waals surface area contributed by atoms with Crippen LogP contribution in [0.15, 0.2) is 6.07 Å². The fourth-order valence-electron chi connectivity index (χ4n) is 2.09. The molecule has 2 rings (SSSR count). The van der Waals surface area contributed by atoms with E-state index in [4.69, 9.17) is 10.5 Å².